The van der Waals surface area contributed by atoms with E-state index >= 15 is 0 Å². The number of aromatic nitrogens is 3. The van der Waals surface area contributed by atoms with Gasteiger partial charge in [-0.1, -0.05) is 41.9 Å². The summed E-state index contributed by atoms with van der Waals surface area (Å²) in [5.74, 6) is 0.658. The minimum atomic E-state index is -0.427. The largest absolute Gasteiger partial charge is 0.445 e. The summed E-state index contributed by atoms with van der Waals surface area (Å²) in [4.78, 5) is 22.4. The summed E-state index contributed by atoms with van der Waals surface area (Å²) in [6.45, 7) is 2.10. The predicted molar refractivity (Wildman–Crippen MR) is 98.5 cm³/mol. The zero-order chi connectivity index (χ0) is 18.0. The van der Waals surface area contributed by atoms with Crippen molar-refractivity contribution in [2.75, 3.05) is 7.05 Å². The van der Waals surface area contributed by atoms with Crippen LogP contribution in [0.2, 0.25) is 5.15 Å². The van der Waals surface area contributed by atoms with Gasteiger partial charge in [0.1, 0.15) is 22.6 Å². The lowest BCUT2D eigenvalue weighted by molar-refractivity contribution is 0.0921. The van der Waals surface area contributed by atoms with Crippen LogP contribution in [0.1, 0.15) is 24.4 Å². The van der Waals surface area contributed by atoms with E-state index in [2.05, 4.69) is 25.9 Å². The van der Waals surface area contributed by atoms with E-state index in [1.807, 2.05) is 41.7 Å². The second-order valence-corrected chi connectivity index (χ2v) is 6.63. The summed E-state index contributed by atoms with van der Waals surface area (Å²) in [7, 11) is 1.68. The third-order valence-corrected chi connectivity index (χ3v) is 4.77. The summed E-state index contributed by atoms with van der Waals surface area (Å²) >= 11 is 9.53. The van der Waals surface area contributed by atoms with Crippen LogP contribution >= 0.6 is 27.5 Å². The third kappa shape index (κ3) is 3.62. The minimum Gasteiger partial charge on any atom is -0.445 e. The smallest absolute Gasteiger partial charge is 0.410 e. The first kappa shape index (κ1) is 17.7. The fraction of sp³-hybridized carbons (Fsp3) is 0.235. The van der Waals surface area contributed by atoms with Crippen molar-refractivity contribution < 1.29 is 9.53 Å². The van der Waals surface area contributed by atoms with Crippen LogP contribution < -0.4 is 0 Å². The second-order valence-electron chi connectivity index (χ2n) is 5.52. The summed E-state index contributed by atoms with van der Waals surface area (Å²) in [5.41, 5.74) is 1.60. The summed E-state index contributed by atoms with van der Waals surface area (Å²) in [6.07, 6.45) is 2.92. The SMILES string of the molecule is CC(c1nc(Br)c2c(Cl)nccn12)N(C)C(=O)OCc1ccccc1. The quantitative estimate of drug-likeness (QED) is 0.621. The van der Waals surface area contributed by atoms with Crippen LogP contribution in [-0.4, -0.2) is 32.4 Å². The number of hydrogen-bond acceptors (Lipinski definition) is 4. The number of nitrogens with zero attached hydrogens (tertiary/aromatic N) is 4. The first-order valence-corrected chi connectivity index (χ1v) is 8.77. The van der Waals surface area contributed by atoms with E-state index in [4.69, 9.17) is 16.3 Å². The number of imidazole rings is 1. The zero-order valence-corrected chi connectivity index (χ0v) is 16.0. The molecule has 6 nitrogen and oxygen atoms in total. The number of rotatable bonds is 4. The third-order valence-electron chi connectivity index (χ3n) is 3.94. The molecule has 2 heterocycles. The Kier molecular flexibility index (Phi) is 5.24. The van der Waals surface area contributed by atoms with Crippen LogP contribution in [0.15, 0.2) is 47.3 Å². The number of fused-ring (bicyclic) bond motifs is 1. The molecule has 3 aromatic rings. The van der Waals surface area contributed by atoms with E-state index in [-0.39, 0.29) is 12.6 Å². The number of halogens is 2. The van der Waals surface area contributed by atoms with Gasteiger partial charge in [0.2, 0.25) is 0 Å². The Hall–Kier alpha value is -2.12. The molecule has 0 bridgehead atoms. The summed E-state index contributed by atoms with van der Waals surface area (Å²) in [6, 6.07) is 9.22. The molecule has 0 spiro atoms. The number of carbonyl (C=O) groups excluding carboxylic acids is 1. The lowest BCUT2D eigenvalue weighted by atomic mass is 10.2. The average molecular weight is 424 g/mol. The Morgan fingerprint density at radius 2 is 2.12 bits per heavy atom. The molecule has 0 radical (unpaired) electrons. The molecule has 0 aliphatic carbocycles. The van der Waals surface area contributed by atoms with E-state index in [1.54, 1.807) is 19.4 Å². The number of hydrogen-bond donors (Lipinski definition) is 0. The van der Waals surface area contributed by atoms with Crippen molar-refractivity contribution in [3.63, 3.8) is 0 Å². The van der Waals surface area contributed by atoms with Gasteiger partial charge in [0.25, 0.3) is 0 Å². The van der Waals surface area contributed by atoms with E-state index in [0.29, 0.717) is 21.1 Å². The summed E-state index contributed by atoms with van der Waals surface area (Å²) < 4.78 is 7.77. The van der Waals surface area contributed by atoms with Crippen molar-refractivity contribution in [3.8, 4) is 0 Å². The Balaban J connectivity index is 1.77. The van der Waals surface area contributed by atoms with Crippen LogP contribution in [-0.2, 0) is 11.3 Å². The fourth-order valence-corrected chi connectivity index (χ4v) is 3.34. The van der Waals surface area contributed by atoms with Gasteiger partial charge >= 0.3 is 6.09 Å². The summed E-state index contributed by atoms with van der Waals surface area (Å²) in [5, 5.41) is 0.342. The second kappa shape index (κ2) is 7.41. The molecule has 0 aliphatic heterocycles. The van der Waals surface area contributed by atoms with Gasteiger partial charge in [-0.3, -0.25) is 4.40 Å². The van der Waals surface area contributed by atoms with Crippen molar-refractivity contribution in [3.05, 3.63) is 63.9 Å². The molecule has 1 amide bonds. The number of carbonyl (C=O) groups is 1. The van der Waals surface area contributed by atoms with Crippen LogP contribution in [0.4, 0.5) is 4.79 Å². The maximum absolute atomic E-state index is 12.4. The molecule has 8 heteroatoms. The molecule has 1 atom stereocenters. The Labute approximate surface area is 158 Å². The van der Waals surface area contributed by atoms with Crippen LogP contribution in [0, 0.1) is 0 Å². The molecule has 1 unspecified atom stereocenters. The molecule has 0 saturated carbocycles. The number of amides is 1. The molecule has 1 aromatic carbocycles. The van der Waals surface area contributed by atoms with Crippen LogP contribution in [0.25, 0.3) is 5.52 Å². The molecule has 25 heavy (non-hydrogen) atoms. The van der Waals surface area contributed by atoms with Crippen molar-refractivity contribution in [2.24, 2.45) is 0 Å². The zero-order valence-electron chi connectivity index (χ0n) is 13.7. The van der Waals surface area contributed by atoms with E-state index in [0.717, 1.165) is 5.56 Å². The Bertz CT molecular complexity index is 900. The highest BCUT2D eigenvalue weighted by Crippen LogP contribution is 2.28. The topological polar surface area (TPSA) is 59.7 Å². The van der Waals surface area contributed by atoms with E-state index in [9.17, 15) is 4.79 Å². The highest BCUT2D eigenvalue weighted by Gasteiger charge is 2.24. The molecule has 0 aliphatic rings. The van der Waals surface area contributed by atoms with Crippen molar-refractivity contribution >= 4 is 39.1 Å². The van der Waals surface area contributed by atoms with Gasteiger partial charge in [-0.25, -0.2) is 14.8 Å². The normalized spacial score (nSPS) is 12.2. The lowest BCUT2D eigenvalue weighted by Crippen LogP contribution is -2.31. The highest BCUT2D eigenvalue weighted by molar-refractivity contribution is 9.10. The average Bonchev–Trinajstić information content (AvgIpc) is 2.97. The van der Waals surface area contributed by atoms with Crippen molar-refractivity contribution in [1.29, 1.82) is 0 Å². The van der Waals surface area contributed by atoms with Crippen molar-refractivity contribution in [1.82, 2.24) is 19.3 Å². The monoisotopic (exact) mass is 422 g/mol. The maximum Gasteiger partial charge on any atom is 0.410 e. The standard InChI is InChI=1S/C17H16BrClN4O2/c1-11(16-21-14(18)13-15(19)20-8-9-23(13)16)22(2)17(24)25-10-12-6-4-3-5-7-12/h3-9,11H,10H2,1-2H3. The molecule has 0 saturated heterocycles. The Morgan fingerprint density at radius 3 is 2.84 bits per heavy atom. The lowest BCUT2D eigenvalue weighted by Gasteiger charge is -2.23. The molecule has 3 rings (SSSR count). The highest BCUT2D eigenvalue weighted by atomic mass is 79.9. The number of benzene rings is 1. The minimum absolute atomic E-state index is 0.221. The molecular formula is C17H16BrClN4O2. The van der Waals surface area contributed by atoms with Gasteiger partial charge < -0.3 is 9.64 Å². The van der Waals surface area contributed by atoms with Crippen LogP contribution in [0.5, 0.6) is 0 Å². The first-order valence-electron chi connectivity index (χ1n) is 7.60. The molecule has 0 fully saturated rings. The Morgan fingerprint density at radius 1 is 1.40 bits per heavy atom. The molecular weight excluding hydrogens is 408 g/mol. The maximum atomic E-state index is 12.4. The molecule has 0 N–H and O–H groups in total. The van der Waals surface area contributed by atoms with Gasteiger partial charge in [0.15, 0.2) is 5.15 Å². The predicted octanol–water partition coefficient (Wildman–Crippen LogP) is 4.47. The van der Waals surface area contributed by atoms with Gasteiger partial charge in [0.05, 0.1) is 6.04 Å². The van der Waals surface area contributed by atoms with Crippen LogP contribution in [0.3, 0.4) is 0 Å². The van der Waals surface area contributed by atoms with Gasteiger partial charge in [-0.05, 0) is 28.4 Å². The number of ether oxygens (including phenoxy) is 1. The van der Waals surface area contributed by atoms with Gasteiger partial charge in [-0.2, -0.15) is 0 Å². The molecule has 2 aromatic heterocycles. The fourth-order valence-electron chi connectivity index (χ4n) is 2.43. The molecule has 130 valence electrons. The first-order chi connectivity index (χ1) is 12.0. The van der Waals surface area contributed by atoms with Gasteiger partial charge in [-0.15, -0.1) is 0 Å². The van der Waals surface area contributed by atoms with Gasteiger partial charge in [0, 0.05) is 19.4 Å². The van der Waals surface area contributed by atoms with Crippen molar-refractivity contribution in [2.45, 2.75) is 19.6 Å². The van der Waals surface area contributed by atoms with E-state index < -0.39 is 6.09 Å². The van der Waals surface area contributed by atoms with E-state index in [1.165, 1.54) is 4.90 Å².